The number of H-pyrrole nitrogens is 4. The monoisotopic (exact) mass is 1370 g/mol. The van der Waals surface area contributed by atoms with Gasteiger partial charge in [0.15, 0.2) is 23.3 Å². The van der Waals surface area contributed by atoms with Crippen LogP contribution in [0.1, 0.15) is 0 Å². The Balaban J connectivity index is 0.000000100. The van der Waals surface area contributed by atoms with E-state index in [4.69, 9.17) is 19.9 Å². The third kappa shape index (κ3) is 13.3. The van der Waals surface area contributed by atoms with E-state index < -0.39 is 0 Å². The van der Waals surface area contributed by atoms with Gasteiger partial charge in [0.1, 0.15) is 23.3 Å². The second-order valence-corrected chi connectivity index (χ2v) is 25.6. The van der Waals surface area contributed by atoms with Gasteiger partial charge >= 0.3 is 0 Å². The van der Waals surface area contributed by atoms with Crippen molar-refractivity contribution in [2.45, 2.75) is 0 Å². The molecule has 12 heterocycles. The van der Waals surface area contributed by atoms with Gasteiger partial charge in [0.05, 0.1) is 75.8 Å². The molecule has 0 amide bonds. The minimum absolute atomic E-state index is 0.677. The first-order valence-electron chi connectivity index (χ1n) is 31.8. The van der Waals surface area contributed by atoms with Crippen molar-refractivity contribution in [1.82, 2.24) is 85.0 Å². The van der Waals surface area contributed by atoms with Crippen molar-refractivity contribution in [1.29, 1.82) is 0 Å². The summed E-state index contributed by atoms with van der Waals surface area (Å²) in [6, 6.07) is 66.5. The van der Waals surface area contributed by atoms with E-state index >= 15 is 0 Å². The molecule has 101 heavy (non-hydrogen) atoms. The average molecular weight is 1370 g/mol. The van der Waals surface area contributed by atoms with Crippen molar-refractivity contribution in [2.24, 2.45) is 0 Å². The molecule has 8 N–H and O–H groups in total. The first kappa shape index (κ1) is 61.1. The molecule has 484 valence electrons. The van der Waals surface area contributed by atoms with Crippen molar-refractivity contribution in [3.05, 3.63) is 272 Å². The number of thiazole rings is 3. The Morgan fingerprint density at radius 2 is 0.802 bits per heavy atom. The van der Waals surface area contributed by atoms with Crippen LogP contribution in [0.3, 0.4) is 0 Å². The van der Waals surface area contributed by atoms with Gasteiger partial charge in [0.2, 0.25) is 0 Å². The highest BCUT2D eigenvalue weighted by Crippen LogP contribution is 2.35. The second kappa shape index (κ2) is 27.5. The second-order valence-electron chi connectivity index (χ2n) is 23.0. The Morgan fingerprint density at radius 3 is 1.33 bits per heavy atom. The lowest BCUT2D eigenvalue weighted by Gasteiger charge is -2.11. The molecule has 21 nitrogen and oxygen atoms in total. The minimum Gasteiger partial charge on any atom is -0.367 e. The van der Waals surface area contributed by atoms with Gasteiger partial charge in [-0.05, 0) is 146 Å². The van der Waals surface area contributed by atoms with E-state index in [0.29, 0.717) is 23.3 Å². The molecule has 0 saturated carbocycles. The number of benzene rings is 8. The lowest BCUT2D eigenvalue weighted by atomic mass is 10.2. The SMILES string of the molecule is c1ccc2c(Nc3ccc4[nH]ccc4c3)nc(-c3cc[nH]c3)nc2c1.c1ccc2c(Nc3ccc4[nH]ncc4c3)nc(-c3cc[nH]c3)nc2c1.c1ccc2c(Nc3ccc4ncsc4c3)nc(-c3cncs3)nc2c1.c1cnc2ccc(Nc3nc(-c4cncs4)nc4ccccc34)cc2c1. The number of hydrogen-bond donors (Lipinski definition) is 8. The smallest absolute Gasteiger partial charge is 0.173 e. The Morgan fingerprint density at radius 1 is 0.327 bits per heavy atom. The summed E-state index contributed by atoms with van der Waals surface area (Å²) >= 11 is 4.69. The van der Waals surface area contributed by atoms with Crippen LogP contribution >= 0.6 is 34.0 Å². The number of aromatic amines is 4. The van der Waals surface area contributed by atoms with E-state index in [-0.39, 0.29) is 0 Å². The van der Waals surface area contributed by atoms with Crippen LogP contribution < -0.4 is 21.3 Å². The predicted octanol–water partition coefficient (Wildman–Crippen LogP) is 19.2. The van der Waals surface area contributed by atoms with Crippen LogP contribution in [0.5, 0.6) is 0 Å². The molecule has 0 bridgehead atoms. The number of fused-ring (bicyclic) bond motifs is 8. The van der Waals surface area contributed by atoms with Crippen LogP contribution in [-0.4, -0.2) is 85.0 Å². The van der Waals surface area contributed by atoms with Gasteiger partial charge in [-0.25, -0.2) is 44.9 Å². The van der Waals surface area contributed by atoms with Gasteiger partial charge in [-0.3, -0.25) is 20.1 Å². The summed E-state index contributed by atoms with van der Waals surface area (Å²) in [5.74, 6) is 5.90. The van der Waals surface area contributed by atoms with Crippen LogP contribution in [0.15, 0.2) is 272 Å². The molecule has 20 aromatic rings. The molecule has 0 spiro atoms. The van der Waals surface area contributed by atoms with E-state index in [0.717, 1.165) is 153 Å². The number of pyridine rings is 1. The Hall–Kier alpha value is -13.6. The molecular weight excluding hydrogens is 1320 g/mol. The molecule has 0 fully saturated rings. The largest absolute Gasteiger partial charge is 0.367 e. The number of para-hydroxylation sites is 4. The number of rotatable bonds is 12. The Labute approximate surface area is 585 Å². The molecule has 0 radical (unpaired) electrons. The van der Waals surface area contributed by atoms with Gasteiger partial charge < -0.3 is 36.2 Å². The molecule has 8 aromatic carbocycles. The average Bonchev–Trinajstić information content (AvgIpc) is 1.63. The quantitative estimate of drug-likeness (QED) is 0.0564. The van der Waals surface area contributed by atoms with Gasteiger partial charge in [-0.1, -0.05) is 54.6 Å². The summed E-state index contributed by atoms with van der Waals surface area (Å²) in [6.07, 6.45) is 16.7. The van der Waals surface area contributed by atoms with Gasteiger partial charge in [0.25, 0.3) is 0 Å². The fourth-order valence-corrected chi connectivity index (χ4v) is 13.4. The van der Waals surface area contributed by atoms with E-state index in [1.165, 1.54) is 22.7 Å². The van der Waals surface area contributed by atoms with E-state index in [1.807, 2.05) is 213 Å². The van der Waals surface area contributed by atoms with Crippen LogP contribution in [0, 0.1) is 0 Å². The fourth-order valence-electron chi connectivity index (χ4n) is 11.5. The summed E-state index contributed by atoms with van der Waals surface area (Å²) in [7, 11) is 0. The van der Waals surface area contributed by atoms with E-state index in [9.17, 15) is 0 Å². The topological polar surface area (TPSA) is 279 Å². The predicted molar refractivity (Wildman–Crippen MR) is 409 cm³/mol. The zero-order chi connectivity index (χ0) is 67.3. The zero-order valence-electron chi connectivity index (χ0n) is 53.0. The van der Waals surface area contributed by atoms with Crippen LogP contribution in [-0.2, 0) is 0 Å². The standard InChI is InChI=1S/C20H13N5S.C20H15N5.C19H14N6.C18H11N5S2/c1-2-6-17-15(5-1)19(25-20(24-17)18-11-21-12-26-18)23-14-7-8-16-13(10-14)4-3-9-22-16;1-2-4-18-16(3-1)20(25-19(24-18)14-7-9-21-12-14)23-15-5-6-17-13(11-15)8-10-22-17;1-2-4-17-15(3-1)19(24-18(23-17)12-7-8-20-10-12)22-14-5-6-16-13(9-14)11-21-25-16;1-2-4-13-12(3-1)17(23-18(22-13)16-8-19-9-24-16)21-11-5-6-14-15(7-11)25-10-20-14/h1-12H,(H,23,24,25);1-12,21-22H,(H,23,24,25);1-11,20H,(H,21,25)(H,22,23,24);1-10H,(H,21,22,23). The number of nitrogens with zero attached hydrogens (tertiary/aromatic N) is 13. The maximum absolute atomic E-state index is 4.76. The van der Waals surface area contributed by atoms with E-state index in [2.05, 4.69) is 117 Å². The molecule has 0 atom stereocenters. The van der Waals surface area contributed by atoms with Gasteiger partial charge in [-0.15, -0.1) is 34.0 Å². The molecule has 20 rings (SSSR count). The Bertz CT molecular complexity index is 5820. The fraction of sp³-hybridized carbons (Fsp3) is 0. The summed E-state index contributed by atoms with van der Waals surface area (Å²) in [6.45, 7) is 0. The van der Waals surface area contributed by atoms with Crippen LogP contribution in [0.4, 0.5) is 46.0 Å². The molecule has 0 unspecified atom stereocenters. The highest BCUT2D eigenvalue weighted by Gasteiger charge is 2.16. The summed E-state index contributed by atoms with van der Waals surface area (Å²) in [5, 5.41) is 28.0. The van der Waals surface area contributed by atoms with Crippen molar-refractivity contribution in [3.8, 4) is 44.2 Å². The lowest BCUT2D eigenvalue weighted by molar-refractivity contribution is 1.12. The van der Waals surface area contributed by atoms with Crippen LogP contribution in [0.25, 0.3) is 131 Å². The number of aromatic nitrogens is 17. The molecular formula is C77H53N21S3. The zero-order valence-corrected chi connectivity index (χ0v) is 55.5. The normalized spacial score (nSPS) is 11.2. The minimum atomic E-state index is 0.677. The van der Waals surface area contributed by atoms with Gasteiger partial charge in [0, 0.05) is 127 Å². The summed E-state index contributed by atoms with van der Waals surface area (Å²) in [4.78, 5) is 65.9. The van der Waals surface area contributed by atoms with Crippen molar-refractivity contribution in [3.63, 3.8) is 0 Å². The highest BCUT2D eigenvalue weighted by atomic mass is 32.1. The third-order valence-corrected chi connectivity index (χ3v) is 18.7. The first-order chi connectivity index (χ1) is 50.0. The number of anilines is 8. The maximum Gasteiger partial charge on any atom is 0.173 e. The summed E-state index contributed by atoms with van der Waals surface area (Å²) < 4.78 is 1.14. The molecule has 24 heteroatoms. The maximum atomic E-state index is 4.76. The number of hydrogen-bond acceptors (Lipinski definition) is 20. The Kier molecular flexibility index (Phi) is 16.6. The molecule has 0 saturated heterocycles. The molecule has 0 aliphatic carbocycles. The molecule has 12 aromatic heterocycles. The first-order valence-corrected chi connectivity index (χ1v) is 34.5. The third-order valence-electron chi connectivity index (χ3n) is 16.4. The van der Waals surface area contributed by atoms with Crippen LogP contribution in [0.2, 0.25) is 0 Å². The van der Waals surface area contributed by atoms with Crippen molar-refractivity contribution in [2.75, 3.05) is 21.3 Å². The van der Waals surface area contributed by atoms with Crippen molar-refractivity contribution >= 4 is 167 Å². The summed E-state index contributed by atoms with van der Waals surface area (Å²) in [5.41, 5.74) is 19.0. The molecule has 0 aliphatic rings. The highest BCUT2D eigenvalue weighted by molar-refractivity contribution is 7.16. The van der Waals surface area contributed by atoms with Gasteiger partial charge in [-0.2, -0.15) is 5.10 Å². The van der Waals surface area contributed by atoms with E-state index in [1.54, 1.807) is 40.9 Å². The molecule has 0 aliphatic heterocycles. The van der Waals surface area contributed by atoms with Crippen molar-refractivity contribution < 1.29 is 0 Å². The lowest BCUT2D eigenvalue weighted by Crippen LogP contribution is -1.99. The number of nitrogens with one attached hydrogen (secondary N) is 8.